The number of carbonyl (C=O) groups is 1. The highest BCUT2D eigenvalue weighted by molar-refractivity contribution is 5.98. The third-order valence-electron chi connectivity index (χ3n) is 1.96. The molecule has 0 aromatic heterocycles. The summed E-state index contributed by atoms with van der Waals surface area (Å²) in [5, 5.41) is 0. The van der Waals surface area contributed by atoms with Crippen LogP contribution in [-0.4, -0.2) is 12.0 Å². The molecular formula is C8H9F3O. The van der Waals surface area contributed by atoms with Gasteiger partial charge in [0.2, 0.25) is 0 Å². The fourth-order valence-corrected chi connectivity index (χ4v) is 1.29. The maximum absolute atomic E-state index is 11.9. The molecule has 0 N–H and O–H groups in total. The highest BCUT2D eigenvalue weighted by Crippen LogP contribution is 2.32. The number of Topliss-reactive ketones (excluding diaryl/α,β-unsaturated/α-hetero) is 1. The van der Waals surface area contributed by atoms with Gasteiger partial charge in [-0.3, -0.25) is 4.79 Å². The lowest BCUT2D eigenvalue weighted by Crippen LogP contribution is -2.12. The molecule has 0 heterocycles. The number of carbonyl (C=O) groups excluding carboxylic acids is 1. The number of rotatable bonds is 1. The Morgan fingerprint density at radius 2 is 1.92 bits per heavy atom. The van der Waals surface area contributed by atoms with Crippen LogP contribution >= 0.6 is 0 Å². The molecule has 0 aromatic carbocycles. The van der Waals surface area contributed by atoms with Gasteiger partial charge in [-0.05, 0) is 13.3 Å². The van der Waals surface area contributed by atoms with E-state index in [0.717, 1.165) is 0 Å². The fourth-order valence-electron chi connectivity index (χ4n) is 1.29. The maximum atomic E-state index is 11.9. The van der Waals surface area contributed by atoms with E-state index >= 15 is 0 Å². The summed E-state index contributed by atoms with van der Waals surface area (Å²) in [6.45, 7) is 1.59. The van der Waals surface area contributed by atoms with Gasteiger partial charge in [-0.15, -0.1) is 0 Å². The van der Waals surface area contributed by atoms with E-state index in [1.54, 1.807) is 6.92 Å². The first kappa shape index (κ1) is 9.29. The van der Waals surface area contributed by atoms with E-state index in [0.29, 0.717) is 12.0 Å². The van der Waals surface area contributed by atoms with E-state index < -0.39 is 12.6 Å². The second-order valence-corrected chi connectivity index (χ2v) is 2.97. The minimum Gasteiger partial charge on any atom is -0.295 e. The number of hydrogen-bond donors (Lipinski definition) is 0. The van der Waals surface area contributed by atoms with E-state index in [-0.39, 0.29) is 17.8 Å². The maximum Gasteiger partial charge on any atom is 0.393 e. The lowest BCUT2D eigenvalue weighted by atomic mass is 10.1. The smallest absolute Gasteiger partial charge is 0.295 e. The van der Waals surface area contributed by atoms with Gasteiger partial charge in [-0.1, -0.05) is 5.57 Å². The van der Waals surface area contributed by atoms with Gasteiger partial charge < -0.3 is 0 Å². The summed E-state index contributed by atoms with van der Waals surface area (Å²) in [4.78, 5) is 10.9. The Hall–Kier alpha value is -0.800. The fraction of sp³-hybridized carbons (Fsp3) is 0.625. The number of ketones is 1. The van der Waals surface area contributed by atoms with Crippen LogP contribution in [0.3, 0.4) is 0 Å². The topological polar surface area (TPSA) is 17.1 Å². The molecule has 0 saturated carbocycles. The average Bonchev–Trinajstić information content (AvgIpc) is 2.16. The Bertz CT molecular complexity index is 237. The summed E-state index contributed by atoms with van der Waals surface area (Å²) < 4.78 is 35.6. The van der Waals surface area contributed by atoms with Gasteiger partial charge in [-0.2, -0.15) is 13.2 Å². The van der Waals surface area contributed by atoms with E-state index in [2.05, 4.69) is 0 Å². The van der Waals surface area contributed by atoms with Crippen LogP contribution in [0.1, 0.15) is 26.2 Å². The lowest BCUT2D eigenvalue weighted by Gasteiger charge is -2.06. The molecule has 0 unspecified atom stereocenters. The molecular weight excluding hydrogens is 169 g/mol. The van der Waals surface area contributed by atoms with Crippen LogP contribution in [0.2, 0.25) is 0 Å². The Labute approximate surface area is 68.3 Å². The Balaban J connectivity index is 2.75. The molecule has 0 bridgehead atoms. The van der Waals surface area contributed by atoms with Gasteiger partial charge in [-0.25, -0.2) is 0 Å². The molecule has 68 valence electrons. The molecule has 0 saturated heterocycles. The standard InChI is InChI=1S/C8H9F3O/c1-5-2-3-7(12)6(5)4-8(9,10)11/h2-4H2,1H3. The molecule has 0 aliphatic heterocycles. The largest absolute Gasteiger partial charge is 0.393 e. The second-order valence-electron chi connectivity index (χ2n) is 2.97. The van der Waals surface area contributed by atoms with Crippen molar-refractivity contribution in [3.05, 3.63) is 11.1 Å². The van der Waals surface area contributed by atoms with Crippen molar-refractivity contribution in [1.82, 2.24) is 0 Å². The van der Waals surface area contributed by atoms with Crippen molar-refractivity contribution in [3.8, 4) is 0 Å². The minimum absolute atomic E-state index is 0.0255. The van der Waals surface area contributed by atoms with Crippen LogP contribution < -0.4 is 0 Å². The van der Waals surface area contributed by atoms with E-state index in [1.165, 1.54) is 0 Å². The van der Waals surface area contributed by atoms with Crippen molar-refractivity contribution in [1.29, 1.82) is 0 Å². The predicted octanol–water partition coefficient (Wildman–Crippen LogP) is 2.62. The first-order valence-corrected chi connectivity index (χ1v) is 3.69. The van der Waals surface area contributed by atoms with Crippen molar-refractivity contribution < 1.29 is 18.0 Å². The average molecular weight is 178 g/mol. The molecule has 0 radical (unpaired) electrons. The van der Waals surface area contributed by atoms with Crippen molar-refractivity contribution in [3.63, 3.8) is 0 Å². The van der Waals surface area contributed by atoms with Crippen molar-refractivity contribution in [2.24, 2.45) is 0 Å². The van der Waals surface area contributed by atoms with E-state index in [9.17, 15) is 18.0 Å². The number of halogens is 3. The van der Waals surface area contributed by atoms with Gasteiger partial charge in [0, 0.05) is 12.0 Å². The van der Waals surface area contributed by atoms with Crippen molar-refractivity contribution in [2.45, 2.75) is 32.4 Å². The Morgan fingerprint density at radius 3 is 2.25 bits per heavy atom. The first-order valence-electron chi connectivity index (χ1n) is 3.69. The molecule has 0 amide bonds. The molecule has 1 nitrogen and oxygen atoms in total. The molecule has 12 heavy (non-hydrogen) atoms. The van der Waals surface area contributed by atoms with E-state index in [1.807, 2.05) is 0 Å². The number of alkyl halides is 3. The summed E-state index contributed by atoms with van der Waals surface area (Å²) >= 11 is 0. The van der Waals surface area contributed by atoms with Crippen LogP contribution in [0.25, 0.3) is 0 Å². The SMILES string of the molecule is CC1=C(CC(F)(F)F)C(=O)CC1. The second kappa shape index (κ2) is 2.92. The number of allylic oxidation sites excluding steroid dienone is 2. The van der Waals surface area contributed by atoms with Crippen LogP contribution in [0, 0.1) is 0 Å². The van der Waals surface area contributed by atoms with Gasteiger partial charge >= 0.3 is 6.18 Å². The molecule has 1 rings (SSSR count). The minimum atomic E-state index is -4.25. The zero-order valence-electron chi connectivity index (χ0n) is 6.66. The zero-order chi connectivity index (χ0) is 9.35. The normalized spacial score (nSPS) is 19.2. The third-order valence-corrected chi connectivity index (χ3v) is 1.96. The molecule has 0 spiro atoms. The van der Waals surface area contributed by atoms with Gasteiger partial charge in [0.05, 0.1) is 6.42 Å². The number of hydrogen-bond acceptors (Lipinski definition) is 1. The highest BCUT2D eigenvalue weighted by Gasteiger charge is 2.34. The quantitative estimate of drug-likeness (QED) is 0.603. The Morgan fingerprint density at radius 1 is 1.33 bits per heavy atom. The van der Waals surface area contributed by atoms with Crippen molar-refractivity contribution >= 4 is 5.78 Å². The zero-order valence-corrected chi connectivity index (χ0v) is 6.66. The van der Waals surface area contributed by atoms with E-state index in [4.69, 9.17) is 0 Å². The molecule has 4 heteroatoms. The monoisotopic (exact) mass is 178 g/mol. The van der Waals surface area contributed by atoms with Crippen LogP contribution in [0.4, 0.5) is 13.2 Å². The molecule has 0 fully saturated rings. The molecule has 0 aromatic rings. The summed E-state index contributed by atoms with van der Waals surface area (Å²) in [7, 11) is 0. The Kier molecular flexibility index (Phi) is 2.26. The third kappa shape index (κ3) is 2.09. The first-order chi connectivity index (χ1) is 5.40. The molecule has 0 atom stereocenters. The van der Waals surface area contributed by atoms with Crippen LogP contribution in [0.15, 0.2) is 11.1 Å². The van der Waals surface area contributed by atoms with Crippen molar-refractivity contribution in [2.75, 3.05) is 0 Å². The van der Waals surface area contributed by atoms with Crippen LogP contribution in [0.5, 0.6) is 0 Å². The van der Waals surface area contributed by atoms with Gasteiger partial charge in [0.1, 0.15) is 0 Å². The highest BCUT2D eigenvalue weighted by atomic mass is 19.4. The van der Waals surface area contributed by atoms with Crippen LogP contribution in [-0.2, 0) is 4.79 Å². The lowest BCUT2D eigenvalue weighted by molar-refractivity contribution is -0.133. The summed E-state index contributed by atoms with van der Waals surface area (Å²) in [5.74, 6) is -0.343. The summed E-state index contributed by atoms with van der Waals surface area (Å²) in [6.07, 6.45) is -4.57. The summed E-state index contributed by atoms with van der Waals surface area (Å²) in [5.41, 5.74) is 0.569. The molecule has 1 aliphatic rings. The van der Waals surface area contributed by atoms with Gasteiger partial charge in [0.15, 0.2) is 5.78 Å². The predicted molar refractivity (Wildman–Crippen MR) is 37.6 cm³/mol. The summed E-state index contributed by atoms with van der Waals surface area (Å²) in [6, 6.07) is 0. The van der Waals surface area contributed by atoms with Gasteiger partial charge in [0.25, 0.3) is 0 Å². The molecule has 1 aliphatic carbocycles.